The molecular formula is C18H35ClN2O4. The summed E-state index contributed by atoms with van der Waals surface area (Å²) >= 11 is 0. The molecule has 0 saturated heterocycles. The van der Waals surface area contributed by atoms with Crippen LogP contribution in [0.1, 0.15) is 89.8 Å². The van der Waals surface area contributed by atoms with Gasteiger partial charge < -0.3 is 4.57 Å². The zero-order valence-electron chi connectivity index (χ0n) is 15.8. The zero-order valence-corrected chi connectivity index (χ0v) is 16.5. The maximum Gasteiger partial charge on any atom is 0.108 e. The van der Waals surface area contributed by atoms with Crippen LogP contribution in [0.4, 0.5) is 0 Å². The smallest absolute Gasteiger partial charge is 0.108 e. The molecule has 0 spiro atoms. The minimum Gasteiger partial charge on any atom is -0.338 e. The second-order valence-electron chi connectivity index (χ2n) is 6.49. The number of hydrogen-bond donors (Lipinski definition) is 1. The lowest BCUT2D eigenvalue weighted by molar-refractivity contribution is -1.92. The summed E-state index contributed by atoms with van der Waals surface area (Å²) in [4.78, 5) is 4.37. The van der Waals surface area contributed by atoms with Gasteiger partial charge in [0.1, 0.15) is 5.82 Å². The third-order valence-electron chi connectivity index (χ3n) is 4.17. The van der Waals surface area contributed by atoms with Crippen molar-refractivity contribution in [2.75, 3.05) is 0 Å². The van der Waals surface area contributed by atoms with Crippen molar-refractivity contribution < 1.29 is 28.9 Å². The van der Waals surface area contributed by atoms with Gasteiger partial charge in [0.2, 0.25) is 0 Å². The molecule has 0 amide bonds. The number of aryl methyl sites for hydroxylation is 2. The Labute approximate surface area is 154 Å². The Bertz CT molecular complexity index is 402. The highest BCUT2D eigenvalue weighted by molar-refractivity contribution is 4.90. The van der Waals surface area contributed by atoms with Gasteiger partial charge in [0.15, 0.2) is 0 Å². The third kappa shape index (κ3) is 19.5. The lowest BCUT2D eigenvalue weighted by atomic mass is 10.0. The Morgan fingerprint density at radius 3 is 1.64 bits per heavy atom. The first kappa shape index (κ1) is 24.3. The van der Waals surface area contributed by atoms with E-state index in [2.05, 4.69) is 23.5 Å². The van der Waals surface area contributed by atoms with Gasteiger partial charge in [-0.2, -0.15) is 14.0 Å². The first-order valence-corrected chi connectivity index (χ1v) is 10.7. The highest BCUT2D eigenvalue weighted by atomic mass is 35.7. The van der Waals surface area contributed by atoms with Crippen molar-refractivity contribution in [3.8, 4) is 0 Å². The Kier molecular flexibility index (Phi) is 15.2. The van der Waals surface area contributed by atoms with Crippen LogP contribution in [-0.4, -0.2) is 14.2 Å². The van der Waals surface area contributed by atoms with Gasteiger partial charge in [-0.25, -0.2) is 4.98 Å². The molecule has 0 aliphatic heterocycles. The predicted molar refractivity (Wildman–Crippen MR) is 90.2 cm³/mol. The fraction of sp³-hybridized carbons (Fsp3) is 0.833. The predicted octanol–water partition coefficient (Wildman–Crippen LogP) is 1.54. The number of hydrogen-bond acceptors (Lipinski definition) is 5. The fourth-order valence-electron chi connectivity index (χ4n) is 2.76. The van der Waals surface area contributed by atoms with E-state index in [4.69, 9.17) is 18.6 Å². The highest BCUT2D eigenvalue weighted by Crippen LogP contribution is 2.12. The summed E-state index contributed by atoms with van der Waals surface area (Å²) in [6, 6.07) is 0. The zero-order chi connectivity index (χ0) is 19.0. The molecule has 0 aliphatic carbocycles. The van der Waals surface area contributed by atoms with Crippen LogP contribution in [0.2, 0.25) is 0 Å². The molecule has 0 aliphatic rings. The Morgan fingerprint density at radius 1 is 0.880 bits per heavy atom. The fourth-order valence-corrected chi connectivity index (χ4v) is 2.76. The van der Waals surface area contributed by atoms with Crippen LogP contribution in [0.25, 0.3) is 0 Å². The summed E-state index contributed by atoms with van der Waals surface area (Å²) in [5, 5.41) is 0. The van der Waals surface area contributed by atoms with E-state index in [-0.39, 0.29) is 0 Å². The summed E-state index contributed by atoms with van der Waals surface area (Å²) in [6.45, 7) is 2.29. The molecule has 1 rings (SSSR count). The Balaban J connectivity index is 0.00000101. The van der Waals surface area contributed by atoms with Crippen molar-refractivity contribution in [1.82, 2.24) is 9.55 Å². The molecule has 1 aromatic heterocycles. The van der Waals surface area contributed by atoms with E-state index >= 15 is 0 Å². The number of rotatable bonds is 13. The Hall–Kier alpha value is -0.660. The molecule has 25 heavy (non-hydrogen) atoms. The van der Waals surface area contributed by atoms with Crippen molar-refractivity contribution in [3.63, 3.8) is 0 Å². The molecule has 0 bridgehead atoms. The monoisotopic (exact) mass is 378 g/mol. The van der Waals surface area contributed by atoms with Crippen LogP contribution in [0, 0.1) is 10.2 Å². The summed E-state index contributed by atoms with van der Waals surface area (Å²) in [5.74, 6) is 1.23. The average molecular weight is 379 g/mol. The van der Waals surface area contributed by atoms with Crippen LogP contribution >= 0.6 is 0 Å². The Morgan fingerprint density at radius 2 is 1.28 bits per heavy atom. The SMILES string of the molecule is CCCCCCCCCCCCCCc1nccn1C.[O-][Cl+3]([O-])([O-])O. The highest BCUT2D eigenvalue weighted by Gasteiger charge is 1.99. The van der Waals surface area contributed by atoms with Crippen molar-refractivity contribution in [1.29, 1.82) is 0 Å². The van der Waals surface area contributed by atoms with Crippen LogP contribution < -0.4 is 14.0 Å². The maximum absolute atomic E-state index is 8.60. The summed E-state index contributed by atoms with van der Waals surface area (Å²) in [5.41, 5.74) is 0. The van der Waals surface area contributed by atoms with Crippen molar-refractivity contribution in [2.24, 2.45) is 7.05 Å². The second-order valence-corrected chi connectivity index (χ2v) is 7.28. The minimum absolute atomic E-state index is 1.14. The molecule has 6 nitrogen and oxygen atoms in total. The maximum atomic E-state index is 8.60. The quantitative estimate of drug-likeness (QED) is 0.524. The molecule has 0 atom stereocenters. The lowest BCUT2D eigenvalue weighted by Gasteiger charge is -2.03. The van der Waals surface area contributed by atoms with E-state index in [0.717, 1.165) is 6.42 Å². The van der Waals surface area contributed by atoms with Gasteiger partial charge >= 0.3 is 0 Å². The van der Waals surface area contributed by atoms with Gasteiger partial charge in [0.25, 0.3) is 0 Å². The van der Waals surface area contributed by atoms with Gasteiger partial charge in [0, 0.05) is 25.9 Å². The first-order valence-electron chi connectivity index (χ1n) is 9.44. The van der Waals surface area contributed by atoms with Gasteiger partial charge in [-0.15, -0.1) is 0 Å². The molecule has 0 saturated carbocycles. The molecular weight excluding hydrogens is 344 g/mol. The van der Waals surface area contributed by atoms with Crippen LogP contribution in [0.5, 0.6) is 0 Å². The molecule has 0 radical (unpaired) electrons. The summed E-state index contributed by atoms with van der Waals surface area (Å²) in [6.07, 6.45) is 22.1. The van der Waals surface area contributed by atoms with E-state index in [9.17, 15) is 0 Å². The second kappa shape index (κ2) is 15.6. The van der Waals surface area contributed by atoms with E-state index in [1.807, 2.05) is 12.4 Å². The topological polar surface area (TPSA) is 107 Å². The van der Waals surface area contributed by atoms with Crippen LogP contribution in [0.3, 0.4) is 0 Å². The molecule has 148 valence electrons. The van der Waals surface area contributed by atoms with E-state index in [1.54, 1.807) is 0 Å². The molecule has 0 unspecified atom stereocenters. The van der Waals surface area contributed by atoms with Crippen LogP contribution in [-0.2, 0) is 13.5 Å². The summed E-state index contributed by atoms with van der Waals surface area (Å²) < 4.78 is 34.9. The van der Waals surface area contributed by atoms with Crippen molar-refractivity contribution in [2.45, 2.75) is 90.4 Å². The molecule has 1 aromatic rings. The number of nitrogens with zero attached hydrogens (tertiary/aromatic N) is 2. The number of halogens is 1. The standard InChI is InChI=1S/C18H34N2.ClHO4/c1-3-4-5-6-7-8-9-10-11-12-13-14-15-18-19-16-17-20(18)2;2-1(3,4)5/h16-17H,3-15H2,1-2H3;(H,2,3,4,5). The molecule has 1 N–H and O–H groups in total. The minimum atomic E-state index is -4.69. The average Bonchev–Trinajstić information content (AvgIpc) is 2.92. The van der Waals surface area contributed by atoms with E-state index in [1.165, 1.54) is 82.9 Å². The third-order valence-corrected chi connectivity index (χ3v) is 4.17. The van der Waals surface area contributed by atoms with Gasteiger partial charge in [0.05, 0.1) is 14.9 Å². The molecule has 0 fully saturated rings. The van der Waals surface area contributed by atoms with E-state index in [0.29, 0.717) is 0 Å². The summed E-state index contributed by atoms with van der Waals surface area (Å²) in [7, 11) is -2.61. The lowest BCUT2D eigenvalue weighted by Crippen LogP contribution is -2.58. The number of unbranched alkanes of at least 4 members (excludes halogenated alkanes) is 11. The van der Waals surface area contributed by atoms with Gasteiger partial charge in [-0.3, -0.25) is 0 Å². The number of imidazole rings is 1. The molecule has 1 heterocycles. The molecule has 0 aromatic carbocycles. The van der Waals surface area contributed by atoms with Crippen molar-refractivity contribution in [3.05, 3.63) is 18.2 Å². The number of aromatic nitrogens is 2. The van der Waals surface area contributed by atoms with Gasteiger partial charge in [-0.1, -0.05) is 77.6 Å². The largest absolute Gasteiger partial charge is 0.338 e. The normalized spacial score (nSPS) is 11.3. The van der Waals surface area contributed by atoms with E-state index < -0.39 is 10.2 Å². The first-order chi connectivity index (χ1) is 11.8. The van der Waals surface area contributed by atoms with Crippen molar-refractivity contribution >= 4 is 0 Å². The van der Waals surface area contributed by atoms with Crippen LogP contribution in [0.15, 0.2) is 12.4 Å². The molecule has 7 heteroatoms. The van der Waals surface area contributed by atoms with Gasteiger partial charge in [-0.05, 0) is 6.42 Å².